The molecule has 4 heteroatoms. The molecule has 0 spiro atoms. The Labute approximate surface area is 107 Å². The first-order valence-corrected chi connectivity index (χ1v) is 7.72. The van der Waals surface area contributed by atoms with E-state index in [1.54, 1.807) is 0 Å². The smallest absolute Gasteiger partial charge is 0.225 e. The summed E-state index contributed by atoms with van der Waals surface area (Å²) >= 11 is 1.84. The van der Waals surface area contributed by atoms with Crippen molar-refractivity contribution in [2.75, 3.05) is 11.5 Å². The lowest BCUT2D eigenvalue weighted by Crippen LogP contribution is -2.49. The predicted molar refractivity (Wildman–Crippen MR) is 69.6 cm³/mol. The topological polar surface area (TPSA) is 52.9 Å². The van der Waals surface area contributed by atoms with Crippen LogP contribution in [0, 0.1) is 17.2 Å². The van der Waals surface area contributed by atoms with Gasteiger partial charge in [-0.05, 0) is 25.0 Å². The summed E-state index contributed by atoms with van der Waals surface area (Å²) in [4.78, 5) is 12.1. The Bertz CT molecular complexity index is 310. The van der Waals surface area contributed by atoms with Gasteiger partial charge in [-0.2, -0.15) is 17.0 Å². The second-order valence-electron chi connectivity index (χ2n) is 5.16. The Hall–Kier alpha value is -0.690. The van der Waals surface area contributed by atoms with Crippen molar-refractivity contribution >= 4 is 17.7 Å². The number of carbonyl (C=O) groups is 1. The number of carbonyl (C=O) groups excluding carboxylic acids is 1. The highest BCUT2D eigenvalue weighted by Crippen LogP contribution is 2.29. The molecule has 0 aromatic carbocycles. The Morgan fingerprint density at radius 2 is 2.00 bits per heavy atom. The summed E-state index contributed by atoms with van der Waals surface area (Å²) in [5.41, 5.74) is -0.569. The van der Waals surface area contributed by atoms with Crippen LogP contribution >= 0.6 is 11.8 Å². The molecule has 1 N–H and O–H groups in total. The first kappa shape index (κ1) is 12.8. The Balaban J connectivity index is 1.97. The van der Waals surface area contributed by atoms with Crippen molar-refractivity contribution in [1.82, 2.24) is 5.32 Å². The Kier molecular flexibility index (Phi) is 4.33. The zero-order valence-electron chi connectivity index (χ0n) is 10.2. The number of hydrogen-bond acceptors (Lipinski definition) is 3. The van der Waals surface area contributed by atoms with Gasteiger partial charge < -0.3 is 5.32 Å². The second-order valence-corrected chi connectivity index (χ2v) is 6.31. The van der Waals surface area contributed by atoms with Crippen LogP contribution in [0.1, 0.15) is 44.9 Å². The van der Waals surface area contributed by atoms with Crippen LogP contribution < -0.4 is 5.32 Å². The average Bonchev–Trinajstić information content (AvgIpc) is 2.78. The molecule has 0 aromatic heterocycles. The van der Waals surface area contributed by atoms with Gasteiger partial charge in [-0.25, -0.2) is 0 Å². The zero-order valence-corrected chi connectivity index (χ0v) is 11.0. The average molecular weight is 252 g/mol. The zero-order chi connectivity index (χ0) is 12.1. The van der Waals surface area contributed by atoms with Crippen LogP contribution in [-0.4, -0.2) is 23.0 Å². The highest BCUT2D eigenvalue weighted by atomic mass is 32.2. The summed E-state index contributed by atoms with van der Waals surface area (Å²) in [7, 11) is 0. The van der Waals surface area contributed by atoms with Crippen molar-refractivity contribution in [1.29, 1.82) is 5.26 Å². The van der Waals surface area contributed by atoms with E-state index >= 15 is 0 Å². The van der Waals surface area contributed by atoms with Gasteiger partial charge in [-0.15, -0.1) is 0 Å². The van der Waals surface area contributed by atoms with E-state index in [4.69, 9.17) is 0 Å². The van der Waals surface area contributed by atoms with Gasteiger partial charge >= 0.3 is 0 Å². The molecule has 2 aliphatic rings. The molecule has 0 aromatic rings. The van der Waals surface area contributed by atoms with Gasteiger partial charge in [0.25, 0.3) is 0 Å². The van der Waals surface area contributed by atoms with E-state index in [9.17, 15) is 10.1 Å². The molecule has 0 radical (unpaired) electrons. The SMILES string of the molecule is N#CC1(NC(=O)C2CCSC2)CCCCCC1. The second kappa shape index (κ2) is 5.77. The monoisotopic (exact) mass is 252 g/mol. The number of hydrogen-bond donors (Lipinski definition) is 1. The minimum Gasteiger partial charge on any atom is -0.338 e. The number of nitriles is 1. The third-order valence-corrected chi connectivity index (χ3v) is 5.00. The van der Waals surface area contributed by atoms with Crippen LogP contribution in [0.3, 0.4) is 0 Å². The van der Waals surface area contributed by atoms with Crippen LogP contribution in [0.4, 0.5) is 0 Å². The predicted octanol–water partition coefficient (Wildman–Crippen LogP) is 2.47. The van der Waals surface area contributed by atoms with Gasteiger partial charge in [0.1, 0.15) is 5.54 Å². The summed E-state index contributed by atoms with van der Waals surface area (Å²) in [6.07, 6.45) is 7.14. The molecule has 1 amide bonds. The summed E-state index contributed by atoms with van der Waals surface area (Å²) in [5.74, 6) is 2.25. The lowest BCUT2D eigenvalue weighted by molar-refractivity contribution is -0.125. The number of rotatable bonds is 2. The Morgan fingerprint density at radius 3 is 2.53 bits per heavy atom. The van der Waals surface area contributed by atoms with Gasteiger partial charge in [0.05, 0.1) is 6.07 Å². The highest BCUT2D eigenvalue weighted by Gasteiger charge is 2.35. The fourth-order valence-corrected chi connectivity index (χ4v) is 3.90. The summed E-state index contributed by atoms with van der Waals surface area (Å²) in [5, 5.41) is 12.4. The van der Waals surface area contributed by atoms with E-state index < -0.39 is 5.54 Å². The van der Waals surface area contributed by atoms with Gasteiger partial charge in [0, 0.05) is 11.7 Å². The third kappa shape index (κ3) is 3.16. The molecule has 1 aliphatic heterocycles. The van der Waals surface area contributed by atoms with Gasteiger partial charge in [0.2, 0.25) is 5.91 Å². The van der Waals surface area contributed by atoms with E-state index in [0.29, 0.717) is 0 Å². The van der Waals surface area contributed by atoms with Crippen LogP contribution in [0.5, 0.6) is 0 Å². The molecule has 0 bridgehead atoms. The van der Waals surface area contributed by atoms with E-state index in [0.717, 1.165) is 43.6 Å². The number of nitrogens with one attached hydrogen (secondary N) is 1. The lowest BCUT2D eigenvalue weighted by atomic mass is 9.91. The molecule has 94 valence electrons. The maximum absolute atomic E-state index is 12.1. The fraction of sp³-hybridized carbons (Fsp3) is 0.846. The molecule has 1 unspecified atom stereocenters. The standard InChI is InChI=1S/C13H20N2OS/c14-10-13(6-3-1-2-4-7-13)15-12(16)11-5-8-17-9-11/h11H,1-9H2,(H,15,16). The number of amides is 1. The third-order valence-electron chi connectivity index (χ3n) is 3.83. The van der Waals surface area contributed by atoms with Gasteiger partial charge in [-0.3, -0.25) is 4.79 Å². The molecule has 1 saturated carbocycles. The van der Waals surface area contributed by atoms with Gasteiger partial charge in [-0.1, -0.05) is 25.7 Å². The number of nitrogens with zero attached hydrogens (tertiary/aromatic N) is 1. The molecule has 1 heterocycles. The molecule has 3 nitrogen and oxygen atoms in total. The first-order valence-electron chi connectivity index (χ1n) is 6.57. The van der Waals surface area contributed by atoms with Crippen molar-refractivity contribution < 1.29 is 4.79 Å². The first-order chi connectivity index (χ1) is 8.26. The van der Waals surface area contributed by atoms with Crippen LogP contribution in [0.15, 0.2) is 0 Å². The van der Waals surface area contributed by atoms with Crippen molar-refractivity contribution in [2.24, 2.45) is 5.92 Å². The maximum Gasteiger partial charge on any atom is 0.225 e. The number of thioether (sulfide) groups is 1. The van der Waals surface area contributed by atoms with Crippen molar-refractivity contribution in [2.45, 2.75) is 50.5 Å². The quantitative estimate of drug-likeness (QED) is 0.768. The van der Waals surface area contributed by atoms with Crippen molar-refractivity contribution in [3.63, 3.8) is 0 Å². The Morgan fingerprint density at radius 1 is 1.29 bits per heavy atom. The minimum absolute atomic E-state index is 0.110. The highest BCUT2D eigenvalue weighted by molar-refractivity contribution is 7.99. The molecule has 2 fully saturated rings. The maximum atomic E-state index is 12.1. The minimum atomic E-state index is -0.569. The summed E-state index contributed by atoms with van der Waals surface area (Å²) in [6.45, 7) is 0. The van der Waals surface area contributed by atoms with Crippen LogP contribution in [0.2, 0.25) is 0 Å². The molecule has 2 rings (SSSR count). The van der Waals surface area contributed by atoms with Crippen molar-refractivity contribution in [3.8, 4) is 6.07 Å². The van der Waals surface area contributed by atoms with E-state index in [1.165, 1.54) is 12.8 Å². The van der Waals surface area contributed by atoms with Crippen molar-refractivity contribution in [3.05, 3.63) is 0 Å². The fourth-order valence-electron chi connectivity index (χ4n) is 2.68. The van der Waals surface area contributed by atoms with E-state index in [1.807, 2.05) is 11.8 Å². The molecular weight excluding hydrogens is 232 g/mol. The van der Waals surface area contributed by atoms with Gasteiger partial charge in [0.15, 0.2) is 0 Å². The molecule has 1 aliphatic carbocycles. The molecular formula is C13H20N2OS. The lowest BCUT2D eigenvalue weighted by Gasteiger charge is -2.27. The van der Waals surface area contributed by atoms with Crippen LogP contribution in [-0.2, 0) is 4.79 Å². The molecule has 1 atom stereocenters. The van der Waals surface area contributed by atoms with E-state index in [2.05, 4.69) is 11.4 Å². The molecule has 17 heavy (non-hydrogen) atoms. The molecule has 1 saturated heterocycles. The van der Waals surface area contributed by atoms with Crippen LogP contribution in [0.25, 0.3) is 0 Å². The summed E-state index contributed by atoms with van der Waals surface area (Å²) in [6, 6.07) is 2.37. The summed E-state index contributed by atoms with van der Waals surface area (Å²) < 4.78 is 0. The normalized spacial score (nSPS) is 28.1. The largest absolute Gasteiger partial charge is 0.338 e. The van der Waals surface area contributed by atoms with E-state index in [-0.39, 0.29) is 11.8 Å².